The number of rotatable bonds is 3. The predicted octanol–water partition coefficient (Wildman–Crippen LogP) is 4.77. The lowest BCUT2D eigenvalue weighted by atomic mass is 10.1. The van der Waals surface area contributed by atoms with Gasteiger partial charge in [0.05, 0.1) is 0 Å². The summed E-state index contributed by atoms with van der Waals surface area (Å²) in [7, 11) is 0. The van der Waals surface area contributed by atoms with Gasteiger partial charge in [-0.2, -0.15) is 4.98 Å². The van der Waals surface area contributed by atoms with Gasteiger partial charge in [0.2, 0.25) is 11.1 Å². The van der Waals surface area contributed by atoms with Crippen LogP contribution in [0.25, 0.3) is 11.1 Å². The lowest BCUT2D eigenvalue weighted by Crippen LogP contribution is -2.38. The highest BCUT2D eigenvalue weighted by molar-refractivity contribution is 9.10. The van der Waals surface area contributed by atoms with Crippen LogP contribution >= 0.6 is 27.3 Å². The number of hydrogen-bond donors (Lipinski definition) is 1. The van der Waals surface area contributed by atoms with Crippen molar-refractivity contribution in [1.29, 1.82) is 0 Å². The molecule has 0 radical (unpaired) electrons. The molecule has 1 atom stereocenters. The maximum Gasteiger partial charge on any atom is 0.302 e. The van der Waals surface area contributed by atoms with E-state index >= 15 is 0 Å². The second kappa shape index (κ2) is 7.37. The summed E-state index contributed by atoms with van der Waals surface area (Å²) in [5.74, 6) is 0.557. The normalized spacial score (nSPS) is 16.6. The Morgan fingerprint density at radius 3 is 2.93 bits per heavy atom. The van der Waals surface area contributed by atoms with E-state index < -0.39 is 0 Å². The fourth-order valence-corrected chi connectivity index (χ4v) is 4.20. The molecule has 0 fully saturated rings. The number of oxazole rings is 1. The molecule has 4 aromatic rings. The standard InChI is InChI=1S/C19H14BrN7OS/c1-11-8-15(12-6-7-21-9-13(12)20)23-17(27(11)19-26-22-10-29-19)25-18-24-14-4-2-3-5-16(14)28-18/h2-10,15H,1H3,(H,23,24,25). The zero-order chi connectivity index (χ0) is 19.8. The van der Waals surface area contributed by atoms with Gasteiger partial charge in [-0.15, -0.1) is 10.2 Å². The van der Waals surface area contributed by atoms with Gasteiger partial charge in [-0.1, -0.05) is 23.5 Å². The van der Waals surface area contributed by atoms with E-state index in [1.54, 1.807) is 17.9 Å². The molecule has 0 amide bonds. The van der Waals surface area contributed by atoms with Gasteiger partial charge in [0.25, 0.3) is 0 Å². The molecule has 144 valence electrons. The molecule has 29 heavy (non-hydrogen) atoms. The number of aromatic nitrogens is 4. The van der Waals surface area contributed by atoms with Crippen molar-refractivity contribution in [2.75, 3.05) is 10.2 Å². The molecule has 0 saturated carbocycles. The van der Waals surface area contributed by atoms with Crippen LogP contribution < -0.4 is 10.2 Å². The van der Waals surface area contributed by atoms with Gasteiger partial charge < -0.3 is 4.42 Å². The Kier molecular flexibility index (Phi) is 4.57. The van der Waals surface area contributed by atoms with E-state index in [1.165, 1.54) is 11.3 Å². The molecule has 0 saturated heterocycles. The number of guanidine groups is 1. The number of halogens is 1. The molecule has 8 nitrogen and oxygen atoms in total. The maximum atomic E-state index is 5.84. The molecule has 0 spiro atoms. The van der Waals surface area contributed by atoms with E-state index in [4.69, 9.17) is 9.41 Å². The fourth-order valence-electron chi connectivity index (χ4n) is 3.10. The van der Waals surface area contributed by atoms with Gasteiger partial charge in [0.1, 0.15) is 17.1 Å². The summed E-state index contributed by atoms with van der Waals surface area (Å²) in [4.78, 5) is 15.5. The number of aliphatic imine (C=N–C) groups is 1. The first-order chi connectivity index (χ1) is 14.2. The van der Waals surface area contributed by atoms with E-state index in [1.807, 2.05) is 42.2 Å². The van der Waals surface area contributed by atoms with Crippen molar-refractivity contribution >= 4 is 55.5 Å². The van der Waals surface area contributed by atoms with E-state index in [0.717, 1.165) is 21.2 Å². The summed E-state index contributed by atoms with van der Waals surface area (Å²) < 4.78 is 6.73. The first-order valence-corrected chi connectivity index (χ1v) is 10.4. The van der Waals surface area contributed by atoms with Crippen molar-refractivity contribution in [1.82, 2.24) is 20.2 Å². The van der Waals surface area contributed by atoms with Gasteiger partial charge in [0.15, 0.2) is 5.58 Å². The molecule has 1 aliphatic rings. The highest BCUT2D eigenvalue weighted by Gasteiger charge is 2.27. The molecule has 1 aromatic carbocycles. The average Bonchev–Trinajstić information content (AvgIpc) is 3.37. The van der Waals surface area contributed by atoms with Crippen molar-refractivity contribution < 1.29 is 4.42 Å². The van der Waals surface area contributed by atoms with Crippen molar-refractivity contribution in [3.05, 3.63) is 70.0 Å². The van der Waals surface area contributed by atoms with Gasteiger partial charge in [-0.05, 0) is 52.7 Å². The molecule has 0 bridgehead atoms. The number of anilines is 2. The summed E-state index contributed by atoms with van der Waals surface area (Å²) in [5.41, 5.74) is 5.13. The largest absolute Gasteiger partial charge is 0.423 e. The third-order valence-electron chi connectivity index (χ3n) is 4.40. The number of fused-ring (bicyclic) bond motifs is 1. The first kappa shape index (κ1) is 18.0. The zero-order valence-electron chi connectivity index (χ0n) is 15.2. The van der Waals surface area contributed by atoms with Gasteiger partial charge in [-0.25, -0.2) is 4.99 Å². The van der Waals surface area contributed by atoms with Crippen LogP contribution in [-0.2, 0) is 0 Å². The second-order valence-electron chi connectivity index (χ2n) is 6.27. The Balaban J connectivity index is 1.57. The summed E-state index contributed by atoms with van der Waals surface area (Å²) in [5, 5.41) is 12.1. The number of pyridine rings is 1. The quantitative estimate of drug-likeness (QED) is 0.463. The number of nitrogens with zero attached hydrogens (tertiary/aromatic N) is 6. The Labute approximate surface area is 178 Å². The fraction of sp³-hybridized carbons (Fsp3) is 0.105. The third kappa shape index (κ3) is 3.40. The molecule has 3 aromatic heterocycles. The molecule has 1 N–H and O–H groups in total. The van der Waals surface area contributed by atoms with Crippen LogP contribution in [0.4, 0.5) is 11.1 Å². The predicted molar refractivity (Wildman–Crippen MR) is 116 cm³/mol. The number of benzene rings is 1. The second-order valence-corrected chi connectivity index (χ2v) is 7.94. The first-order valence-electron chi connectivity index (χ1n) is 8.73. The molecular formula is C19H14BrN7OS. The summed E-state index contributed by atoms with van der Waals surface area (Å²) in [6, 6.07) is 9.71. The van der Waals surface area contributed by atoms with Crippen LogP contribution in [0.3, 0.4) is 0 Å². The van der Waals surface area contributed by atoms with Crippen LogP contribution in [0, 0.1) is 0 Å². The maximum absolute atomic E-state index is 5.84. The molecule has 1 aliphatic heterocycles. The summed E-state index contributed by atoms with van der Waals surface area (Å²) in [6.45, 7) is 2.01. The highest BCUT2D eigenvalue weighted by atomic mass is 79.9. The average molecular weight is 468 g/mol. The lowest BCUT2D eigenvalue weighted by Gasteiger charge is -2.29. The third-order valence-corrected chi connectivity index (χ3v) is 5.74. The monoisotopic (exact) mass is 467 g/mol. The van der Waals surface area contributed by atoms with Crippen molar-refractivity contribution in [2.24, 2.45) is 4.99 Å². The van der Waals surface area contributed by atoms with Crippen LogP contribution in [0.5, 0.6) is 0 Å². The molecular weight excluding hydrogens is 454 g/mol. The number of allylic oxidation sites excluding steroid dienone is 1. The topological polar surface area (TPSA) is 92.3 Å². The Hall–Kier alpha value is -3.11. The lowest BCUT2D eigenvalue weighted by molar-refractivity contribution is 0.623. The Bertz CT molecular complexity index is 1200. The highest BCUT2D eigenvalue weighted by Crippen LogP contribution is 2.34. The van der Waals surface area contributed by atoms with E-state index in [9.17, 15) is 0 Å². The Morgan fingerprint density at radius 1 is 1.24 bits per heavy atom. The van der Waals surface area contributed by atoms with E-state index in [-0.39, 0.29) is 6.04 Å². The smallest absolute Gasteiger partial charge is 0.302 e. The van der Waals surface area contributed by atoms with Crippen LogP contribution in [0.2, 0.25) is 0 Å². The van der Waals surface area contributed by atoms with Crippen molar-refractivity contribution in [3.63, 3.8) is 0 Å². The zero-order valence-corrected chi connectivity index (χ0v) is 17.6. The molecule has 5 rings (SSSR count). The van der Waals surface area contributed by atoms with Crippen LogP contribution in [0.15, 0.2) is 73.9 Å². The number of nitrogens with one attached hydrogen (secondary N) is 1. The van der Waals surface area contributed by atoms with Crippen LogP contribution in [0.1, 0.15) is 18.5 Å². The molecule has 0 aliphatic carbocycles. The minimum absolute atomic E-state index is 0.205. The molecule has 1 unspecified atom stereocenters. The number of hydrogen-bond acceptors (Lipinski definition) is 9. The van der Waals surface area contributed by atoms with Gasteiger partial charge in [-0.3, -0.25) is 15.2 Å². The SMILES string of the molecule is CC1=CC(c2ccncc2Br)N=C(Nc2nc3ccccc3o2)N1c1nncs1. The minimum Gasteiger partial charge on any atom is -0.423 e. The van der Waals surface area contributed by atoms with Crippen molar-refractivity contribution in [3.8, 4) is 0 Å². The molecule has 4 heterocycles. The van der Waals surface area contributed by atoms with E-state index in [0.29, 0.717) is 22.7 Å². The minimum atomic E-state index is -0.205. The van der Waals surface area contributed by atoms with Crippen molar-refractivity contribution in [2.45, 2.75) is 13.0 Å². The van der Waals surface area contributed by atoms with Crippen LogP contribution in [-0.4, -0.2) is 26.1 Å². The van der Waals surface area contributed by atoms with Gasteiger partial charge >= 0.3 is 6.01 Å². The Morgan fingerprint density at radius 2 is 2.14 bits per heavy atom. The number of para-hydroxylation sites is 2. The molecule has 10 heteroatoms. The summed E-state index contributed by atoms with van der Waals surface area (Å²) >= 11 is 4.99. The van der Waals surface area contributed by atoms with Gasteiger partial charge in [0, 0.05) is 22.6 Å². The summed E-state index contributed by atoms with van der Waals surface area (Å²) in [6.07, 6.45) is 5.58. The van der Waals surface area contributed by atoms with E-state index in [2.05, 4.69) is 47.5 Å².